The Labute approximate surface area is 233 Å². The van der Waals surface area contributed by atoms with Gasteiger partial charge in [-0.2, -0.15) is 0 Å². The van der Waals surface area contributed by atoms with Gasteiger partial charge in [0.05, 0.1) is 19.1 Å². The van der Waals surface area contributed by atoms with Gasteiger partial charge >= 0.3 is 18.6 Å². The number of aliphatic hydroxyl groups is 1. The van der Waals surface area contributed by atoms with Gasteiger partial charge in [-0.15, -0.1) is 0 Å². The van der Waals surface area contributed by atoms with Crippen molar-refractivity contribution in [3.8, 4) is 5.75 Å². The third-order valence-corrected chi connectivity index (χ3v) is 8.33. The zero-order valence-electron chi connectivity index (χ0n) is 22.6. The van der Waals surface area contributed by atoms with Crippen LogP contribution in [0.4, 0.5) is 0 Å². The molecule has 0 radical (unpaired) electrons. The molecule has 0 saturated carbocycles. The number of allylic oxidation sites excluding steroid dienone is 1. The zero-order valence-corrected chi connectivity index (χ0v) is 24.3. The van der Waals surface area contributed by atoms with Crippen LogP contribution in [0.5, 0.6) is 5.75 Å². The van der Waals surface area contributed by atoms with E-state index in [2.05, 4.69) is 11.7 Å². The topological polar surface area (TPSA) is 133 Å². The largest absolute Gasteiger partial charge is 0.462 e. The third kappa shape index (κ3) is 7.97. The Kier molecular flexibility index (Phi) is 10.1. The predicted molar refractivity (Wildman–Crippen MR) is 146 cm³/mol. The lowest BCUT2D eigenvalue weighted by Gasteiger charge is -2.35. The maximum atomic E-state index is 12.7. The van der Waals surface area contributed by atoms with E-state index in [0.29, 0.717) is 11.3 Å². The van der Waals surface area contributed by atoms with E-state index in [9.17, 15) is 19.5 Å². The Hall–Kier alpha value is -2.60. The molecular weight excluding hydrogens is 547 g/mol. The van der Waals surface area contributed by atoms with Crippen LogP contribution in [0.15, 0.2) is 54.8 Å². The Morgan fingerprint density at radius 3 is 2.56 bits per heavy atom. The number of nitrogens with one attached hydrogen (secondary N) is 1. The Morgan fingerprint density at radius 2 is 1.97 bits per heavy atom. The van der Waals surface area contributed by atoms with E-state index in [1.54, 1.807) is 57.2 Å². The predicted octanol–water partition coefficient (Wildman–Crippen LogP) is 2.95. The molecule has 2 aliphatic heterocycles. The molecule has 0 bridgehead atoms. The highest BCUT2D eigenvalue weighted by atomic mass is 32.5. The van der Waals surface area contributed by atoms with Gasteiger partial charge in [-0.25, -0.2) is 5.09 Å². The highest BCUT2D eigenvalue weighted by Gasteiger charge is 2.58. The number of rotatable bonds is 11. The second-order valence-corrected chi connectivity index (χ2v) is 12.9. The molecule has 0 aromatic heterocycles. The summed E-state index contributed by atoms with van der Waals surface area (Å²) in [5.41, 5.74) is -1.19. The third-order valence-electron chi connectivity index (χ3n) is 5.83. The van der Waals surface area contributed by atoms with Crippen LogP contribution in [-0.4, -0.2) is 70.6 Å². The maximum absolute atomic E-state index is 12.7. The van der Waals surface area contributed by atoms with Gasteiger partial charge in [0.15, 0.2) is 12.3 Å². The number of benzene rings is 1. The van der Waals surface area contributed by atoms with E-state index < -0.39 is 48.7 Å². The van der Waals surface area contributed by atoms with Crippen molar-refractivity contribution in [2.45, 2.75) is 77.2 Å². The molecule has 2 aliphatic rings. The molecule has 214 valence electrons. The average molecular weight is 583 g/mol. The first-order valence-electron chi connectivity index (χ1n) is 12.4. The van der Waals surface area contributed by atoms with Crippen molar-refractivity contribution in [1.82, 2.24) is 9.99 Å². The molecule has 11 nitrogen and oxygen atoms in total. The highest BCUT2D eigenvalue weighted by molar-refractivity contribution is 8.09. The summed E-state index contributed by atoms with van der Waals surface area (Å²) in [5, 5.41) is 14.3. The van der Waals surface area contributed by atoms with Gasteiger partial charge in [-0.1, -0.05) is 24.8 Å². The summed E-state index contributed by atoms with van der Waals surface area (Å²) in [4.78, 5) is 38.4. The molecule has 13 heteroatoms. The minimum absolute atomic E-state index is 0.0475. The number of ether oxygens (including phenoxy) is 3. The Balaban J connectivity index is 1.85. The van der Waals surface area contributed by atoms with Crippen molar-refractivity contribution in [3.05, 3.63) is 54.8 Å². The molecule has 2 heterocycles. The number of amides is 1. The van der Waals surface area contributed by atoms with Crippen molar-refractivity contribution in [2.75, 3.05) is 6.61 Å². The monoisotopic (exact) mass is 582 g/mol. The molecular formula is C26H35N2O9PS. The van der Waals surface area contributed by atoms with Gasteiger partial charge in [0.25, 0.3) is 0 Å². The van der Waals surface area contributed by atoms with E-state index in [1.807, 2.05) is 0 Å². The van der Waals surface area contributed by atoms with Crippen LogP contribution < -0.4 is 9.61 Å². The van der Waals surface area contributed by atoms with Gasteiger partial charge in [0.1, 0.15) is 23.5 Å². The van der Waals surface area contributed by atoms with Crippen molar-refractivity contribution in [3.63, 3.8) is 0 Å². The Morgan fingerprint density at radius 1 is 1.31 bits per heavy atom. The maximum Gasteiger partial charge on any atom is 0.323 e. The lowest BCUT2D eigenvalue weighted by molar-refractivity contribution is -0.165. The fourth-order valence-corrected chi connectivity index (χ4v) is 6.48. The Bertz CT molecular complexity index is 1160. The van der Waals surface area contributed by atoms with Crippen molar-refractivity contribution in [1.29, 1.82) is 0 Å². The molecule has 6 atom stereocenters. The quantitative estimate of drug-likeness (QED) is 0.295. The van der Waals surface area contributed by atoms with Crippen LogP contribution in [0.1, 0.15) is 41.0 Å². The van der Waals surface area contributed by atoms with Gasteiger partial charge in [-0.3, -0.25) is 19.3 Å². The van der Waals surface area contributed by atoms with Gasteiger partial charge < -0.3 is 28.4 Å². The molecule has 0 spiro atoms. The summed E-state index contributed by atoms with van der Waals surface area (Å²) in [7, 11) is 0. The molecule has 3 rings (SSSR count). The van der Waals surface area contributed by atoms with Gasteiger partial charge in [-0.05, 0) is 63.3 Å². The summed E-state index contributed by atoms with van der Waals surface area (Å²) < 4.78 is 28.8. The lowest BCUT2D eigenvalue weighted by Crippen LogP contribution is -2.54. The summed E-state index contributed by atoms with van der Waals surface area (Å²) in [6.07, 6.45) is -0.625. The first-order valence-corrected chi connectivity index (χ1v) is 15.1. The standard InChI is InChI=1S/C26H35N2O9PS/c1-16(2)34-24(31)18(4)27-38(39,37-20-10-8-7-9-11-20)33-15-21-23(35-19(5)29)26(6,32)25(36-21)28-13-12-17(3)14-22(28)30/h7-13,16,18,21,23,25,32H,3,14-15H2,1-2,4-6H3,(H,27,39)/t18?,21-,23-,25-,26-,38?/m1/s1. The molecule has 1 aromatic carbocycles. The van der Waals surface area contributed by atoms with Gasteiger partial charge in [0.2, 0.25) is 5.91 Å². The normalized spacial score (nSPS) is 27.3. The number of nitrogens with zero attached hydrogens (tertiary/aromatic N) is 1. The van der Waals surface area contributed by atoms with E-state index in [4.69, 9.17) is 35.1 Å². The van der Waals surface area contributed by atoms with E-state index >= 15 is 0 Å². The second kappa shape index (κ2) is 12.7. The van der Waals surface area contributed by atoms with Crippen LogP contribution in [0, 0.1) is 0 Å². The average Bonchev–Trinajstić information content (AvgIpc) is 3.07. The van der Waals surface area contributed by atoms with E-state index in [1.165, 1.54) is 24.9 Å². The minimum Gasteiger partial charge on any atom is -0.462 e. The molecule has 1 amide bonds. The number of carbonyl (C=O) groups excluding carboxylic acids is 3. The van der Waals surface area contributed by atoms with Crippen LogP contribution in [0.3, 0.4) is 0 Å². The number of hydrogen-bond acceptors (Lipinski definition) is 10. The number of para-hydroxylation sites is 1. The highest BCUT2D eigenvalue weighted by Crippen LogP contribution is 2.47. The summed E-state index contributed by atoms with van der Waals surface area (Å²) >= 11 is 5.73. The molecule has 2 N–H and O–H groups in total. The molecule has 1 fully saturated rings. The van der Waals surface area contributed by atoms with Crippen LogP contribution in [0.25, 0.3) is 0 Å². The lowest BCUT2D eigenvalue weighted by atomic mass is 9.95. The van der Waals surface area contributed by atoms with Crippen molar-refractivity contribution in [2.24, 2.45) is 0 Å². The molecule has 0 aliphatic carbocycles. The van der Waals surface area contributed by atoms with Crippen molar-refractivity contribution >= 4 is 36.3 Å². The first kappa shape index (κ1) is 30.9. The first-order chi connectivity index (χ1) is 18.2. The SMILES string of the molecule is C=C1C=CN([C@@H]2O[C@H](COP(=S)(NC(C)C(=O)OC(C)C)Oc3ccccc3)[C@@H](OC(C)=O)[C@@]2(C)O)C(=O)C1. The number of carbonyl (C=O) groups is 3. The fraction of sp³-hybridized carbons (Fsp3) is 0.500. The van der Waals surface area contributed by atoms with Crippen LogP contribution in [0.2, 0.25) is 0 Å². The van der Waals surface area contributed by atoms with Crippen molar-refractivity contribution < 1.29 is 42.7 Å². The molecule has 2 unspecified atom stereocenters. The van der Waals surface area contributed by atoms with E-state index in [-0.39, 0.29) is 25.0 Å². The van der Waals surface area contributed by atoms with Crippen LogP contribution >= 0.6 is 6.64 Å². The van der Waals surface area contributed by atoms with E-state index in [0.717, 1.165) is 0 Å². The number of esters is 2. The minimum atomic E-state index is -3.45. The smallest absolute Gasteiger partial charge is 0.323 e. The molecule has 1 saturated heterocycles. The van der Waals surface area contributed by atoms with Gasteiger partial charge in [0, 0.05) is 13.1 Å². The molecule has 1 aromatic rings. The zero-order chi connectivity index (χ0) is 29.0. The summed E-state index contributed by atoms with van der Waals surface area (Å²) in [6.45, 7) is 7.67. The number of hydrogen-bond donors (Lipinski definition) is 2. The molecule has 39 heavy (non-hydrogen) atoms. The second-order valence-electron chi connectivity index (χ2n) is 9.77. The fourth-order valence-electron chi connectivity index (χ4n) is 4.07. The summed E-state index contributed by atoms with van der Waals surface area (Å²) in [5.74, 6) is -1.15. The van der Waals surface area contributed by atoms with Crippen LogP contribution in [-0.2, 0) is 44.9 Å². The summed E-state index contributed by atoms with van der Waals surface area (Å²) in [6, 6.07) is 7.79.